The molecule has 0 aromatic heterocycles. The van der Waals surface area contributed by atoms with Crippen molar-refractivity contribution in [3.05, 3.63) is 27.8 Å². The van der Waals surface area contributed by atoms with Crippen LogP contribution in [0.15, 0.2) is 6.07 Å². The van der Waals surface area contributed by atoms with Crippen LogP contribution in [0.4, 0.5) is 5.69 Å². The van der Waals surface area contributed by atoms with Crippen LogP contribution in [-0.4, -0.2) is 6.54 Å². The molecule has 1 aliphatic rings. The molecule has 0 saturated heterocycles. The average molecular weight is 182 g/mol. The molecule has 1 nitrogen and oxygen atoms in total. The van der Waals surface area contributed by atoms with Gasteiger partial charge in [-0.25, -0.2) is 0 Å². The number of fused-ring (bicyclic) bond motifs is 1. The highest BCUT2D eigenvalue weighted by Crippen LogP contribution is 2.32. The topological polar surface area (TPSA) is 12.0 Å². The smallest absolute Gasteiger partial charge is 0.0468 e. The Hall–Kier alpha value is -0.690. The summed E-state index contributed by atoms with van der Waals surface area (Å²) in [6.45, 7) is 5.20. The average Bonchev–Trinajstić information content (AvgIpc) is 2.48. The molecule has 0 fully saturated rings. The number of aryl methyl sites for hydroxylation is 1. The highest BCUT2D eigenvalue weighted by atomic mass is 35.5. The SMILES string of the molecule is Cc1cc2c(c(C)c1Cl)CCN2. The summed E-state index contributed by atoms with van der Waals surface area (Å²) in [5, 5.41) is 4.28. The number of anilines is 1. The molecule has 0 spiro atoms. The Morgan fingerprint density at radius 1 is 1.42 bits per heavy atom. The first kappa shape index (κ1) is 7.93. The summed E-state index contributed by atoms with van der Waals surface area (Å²) in [5.41, 5.74) is 5.08. The first-order chi connectivity index (χ1) is 5.70. The third-order valence-electron chi connectivity index (χ3n) is 2.50. The third kappa shape index (κ3) is 1.00. The van der Waals surface area contributed by atoms with Crippen molar-refractivity contribution < 1.29 is 0 Å². The molecule has 12 heavy (non-hydrogen) atoms. The van der Waals surface area contributed by atoms with Gasteiger partial charge in [-0.05, 0) is 43.0 Å². The zero-order valence-corrected chi connectivity index (χ0v) is 8.13. The first-order valence-electron chi connectivity index (χ1n) is 4.22. The molecule has 1 aliphatic heterocycles. The Kier molecular flexibility index (Phi) is 1.76. The molecule has 1 aromatic rings. The number of hydrogen-bond donors (Lipinski definition) is 1. The predicted molar refractivity (Wildman–Crippen MR) is 53.1 cm³/mol. The van der Waals surface area contributed by atoms with Crippen molar-refractivity contribution in [1.82, 2.24) is 0 Å². The summed E-state index contributed by atoms with van der Waals surface area (Å²) < 4.78 is 0. The largest absolute Gasteiger partial charge is 0.384 e. The maximum absolute atomic E-state index is 6.13. The van der Waals surface area contributed by atoms with E-state index in [1.807, 2.05) is 0 Å². The Bertz CT molecular complexity index is 331. The van der Waals surface area contributed by atoms with Crippen LogP contribution < -0.4 is 5.32 Å². The van der Waals surface area contributed by atoms with E-state index in [0.29, 0.717) is 0 Å². The van der Waals surface area contributed by atoms with E-state index in [1.54, 1.807) is 0 Å². The van der Waals surface area contributed by atoms with Crippen molar-refractivity contribution in [2.45, 2.75) is 20.3 Å². The standard InChI is InChI=1S/C10H12ClN/c1-6-5-9-8(3-4-12-9)7(2)10(6)11/h5,12H,3-4H2,1-2H3. The van der Waals surface area contributed by atoms with Crippen LogP contribution in [0.5, 0.6) is 0 Å². The molecule has 1 heterocycles. The van der Waals surface area contributed by atoms with Gasteiger partial charge in [-0.3, -0.25) is 0 Å². The van der Waals surface area contributed by atoms with E-state index in [0.717, 1.165) is 18.0 Å². The van der Waals surface area contributed by atoms with Crippen molar-refractivity contribution in [1.29, 1.82) is 0 Å². The molecular weight excluding hydrogens is 170 g/mol. The van der Waals surface area contributed by atoms with Gasteiger partial charge in [0.25, 0.3) is 0 Å². The van der Waals surface area contributed by atoms with Crippen molar-refractivity contribution in [3.63, 3.8) is 0 Å². The van der Waals surface area contributed by atoms with E-state index < -0.39 is 0 Å². The zero-order valence-electron chi connectivity index (χ0n) is 7.37. The molecule has 0 bridgehead atoms. The summed E-state index contributed by atoms with van der Waals surface area (Å²) in [7, 11) is 0. The Labute approximate surface area is 77.7 Å². The van der Waals surface area contributed by atoms with Crippen LogP contribution in [0.1, 0.15) is 16.7 Å². The summed E-state index contributed by atoms with van der Waals surface area (Å²) >= 11 is 6.13. The molecule has 2 heteroatoms. The molecule has 0 radical (unpaired) electrons. The van der Waals surface area contributed by atoms with Crippen molar-refractivity contribution in [2.75, 3.05) is 11.9 Å². The van der Waals surface area contributed by atoms with Crippen molar-refractivity contribution in [3.8, 4) is 0 Å². The predicted octanol–water partition coefficient (Wildman–Crippen LogP) is 2.92. The van der Waals surface area contributed by atoms with E-state index in [-0.39, 0.29) is 0 Å². The van der Waals surface area contributed by atoms with E-state index >= 15 is 0 Å². The van der Waals surface area contributed by atoms with Gasteiger partial charge in [-0.1, -0.05) is 11.6 Å². The van der Waals surface area contributed by atoms with Crippen LogP contribution in [-0.2, 0) is 6.42 Å². The summed E-state index contributed by atoms with van der Waals surface area (Å²) in [6, 6.07) is 2.14. The van der Waals surface area contributed by atoms with Crippen molar-refractivity contribution in [2.24, 2.45) is 0 Å². The Morgan fingerprint density at radius 2 is 2.17 bits per heavy atom. The third-order valence-corrected chi connectivity index (χ3v) is 3.09. The Balaban J connectivity index is 2.67. The number of halogens is 1. The monoisotopic (exact) mass is 181 g/mol. The minimum atomic E-state index is 0.928. The molecule has 64 valence electrons. The molecule has 0 saturated carbocycles. The maximum atomic E-state index is 6.13. The highest BCUT2D eigenvalue weighted by Gasteiger charge is 2.15. The highest BCUT2D eigenvalue weighted by molar-refractivity contribution is 6.32. The fraction of sp³-hybridized carbons (Fsp3) is 0.400. The molecule has 1 aromatic carbocycles. The second kappa shape index (κ2) is 2.67. The lowest BCUT2D eigenvalue weighted by molar-refractivity contribution is 1.09. The first-order valence-corrected chi connectivity index (χ1v) is 4.60. The van der Waals surface area contributed by atoms with Crippen LogP contribution >= 0.6 is 11.6 Å². The fourth-order valence-corrected chi connectivity index (χ4v) is 1.97. The lowest BCUT2D eigenvalue weighted by Crippen LogP contribution is -1.91. The van der Waals surface area contributed by atoms with Crippen molar-refractivity contribution >= 4 is 17.3 Å². The van der Waals surface area contributed by atoms with Gasteiger partial charge in [0.15, 0.2) is 0 Å². The minimum Gasteiger partial charge on any atom is -0.384 e. The minimum absolute atomic E-state index is 0.928. The quantitative estimate of drug-likeness (QED) is 0.649. The van der Waals surface area contributed by atoms with Gasteiger partial charge in [-0.15, -0.1) is 0 Å². The molecule has 2 rings (SSSR count). The second-order valence-electron chi connectivity index (χ2n) is 3.34. The number of nitrogens with one attached hydrogen (secondary N) is 1. The summed E-state index contributed by atoms with van der Waals surface area (Å²) in [6.07, 6.45) is 1.11. The number of hydrogen-bond acceptors (Lipinski definition) is 1. The van der Waals surface area contributed by atoms with Gasteiger partial charge >= 0.3 is 0 Å². The fourth-order valence-electron chi connectivity index (χ4n) is 1.80. The van der Waals surface area contributed by atoms with Crippen LogP contribution in [0.3, 0.4) is 0 Å². The van der Waals surface area contributed by atoms with Crippen LogP contribution in [0, 0.1) is 13.8 Å². The van der Waals surface area contributed by atoms with E-state index in [2.05, 4.69) is 25.2 Å². The lowest BCUT2D eigenvalue weighted by atomic mass is 10.0. The molecule has 0 atom stereocenters. The number of rotatable bonds is 0. The maximum Gasteiger partial charge on any atom is 0.0468 e. The van der Waals surface area contributed by atoms with Gasteiger partial charge in [0.05, 0.1) is 0 Å². The zero-order chi connectivity index (χ0) is 8.72. The second-order valence-corrected chi connectivity index (χ2v) is 3.71. The van der Waals surface area contributed by atoms with Gasteiger partial charge in [0, 0.05) is 17.3 Å². The van der Waals surface area contributed by atoms with E-state index in [1.165, 1.54) is 22.4 Å². The number of benzene rings is 1. The molecule has 0 aliphatic carbocycles. The normalized spacial score (nSPS) is 14.2. The van der Waals surface area contributed by atoms with Gasteiger partial charge in [0.1, 0.15) is 0 Å². The van der Waals surface area contributed by atoms with Gasteiger partial charge in [0.2, 0.25) is 0 Å². The molecule has 0 amide bonds. The lowest BCUT2D eigenvalue weighted by Gasteiger charge is -2.08. The van der Waals surface area contributed by atoms with E-state index in [4.69, 9.17) is 11.6 Å². The van der Waals surface area contributed by atoms with Crippen LogP contribution in [0.25, 0.3) is 0 Å². The van der Waals surface area contributed by atoms with Gasteiger partial charge in [-0.2, -0.15) is 0 Å². The van der Waals surface area contributed by atoms with Gasteiger partial charge < -0.3 is 5.32 Å². The Morgan fingerprint density at radius 3 is 2.92 bits per heavy atom. The summed E-state index contributed by atoms with van der Waals surface area (Å²) in [5.74, 6) is 0. The molecular formula is C10H12ClN. The molecule has 0 unspecified atom stereocenters. The van der Waals surface area contributed by atoms with Crippen LogP contribution in [0.2, 0.25) is 5.02 Å². The van der Waals surface area contributed by atoms with E-state index in [9.17, 15) is 0 Å². The molecule has 1 N–H and O–H groups in total. The summed E-state index contributed by atoms with van der Waals surface area (Å²) in [4.78, 5) is 0.